The Morgan fingerprint density at radius 2 is 2.00 bits per heavy atom. The molecule has 1 rings (SSSR count). The van der Waals surface area contributed by atoms with Gasteiger partial charge in [-0.3, -0.25) is 0 Å². The summed E-state index contributed by atoms with van der Waals surface area (Å²) in [6.45, 7) is 0. The van der Waals surface area contributed by atoms with Crippen LogP contribution in [0.5, 0.6) is 11.5 Å². The van der Waals surface area contributed by atoms with Gasteiger partial charge in [0.1, 0.15) is 11.3 Å². The number of hydrogen-bond donors (Lipinski definition) is 2. The van der Waals surface area contributed by atoms with E-state index in [1.54, 1.807) is 0 Å². The maximum Gasteiger partial charge on any atom is 0.339 e. The van der Waals surface area contributed by atoms with Gasteiger partial charge in [0.25, 0.3) is 0 Å². The zero-order chi connectivity index (χ0) is 10.2. The summed E-state index contributed by atoms with van der Waals surface area (Å²) in [4.78, 5) is 10.5. The third kappa shape index (κ3) is 1.64. The van der Waals surface area contributed by atoms with Crippen molar-refractivity contribution in [3.05, 3.63) is 21.7 Å². The minimum Gasteiger partial charge on any atom is -0.870 e. The van der Waals surface area contributed by atoms with Gasteiger partial charge in [-0.2, -0.15) is 0 Å². The predicted octanol–water partition coefficient (Wildman–Crippen LogP) is 1.47. The van der Waals surface area contributed by atoms with Crippen LogP contribution >= 0.6 is 23.2 Å². The van der Waals surface area contributed by atoms with Gasteiger partial charge in [-0.25, -0.2) is 4.79 Å². The summed E-state index contributed by atoms with van der Waals surface area (Å²) >= 11 is 10.7. The van der Waals surface area contributed by atoms with E-state index >= 15 is 0 Å². The molecule has 13 heavy (non-hydrogen) atoms. The number of hydrogen-bond acceptors (Lipinski definition) is 3. The third-order valence-electron chi connectivity index (χ3n) is 1.38. The molecule has 70 valence electrons. The van der Waals surface area contributed by atoms with Gasteiger partial charge in [0.2, 0.25) is 0 Å². The molecule has 0 unspecified atom stereocenters. The number of aromatic hydroxyl groups is 1. The molecule has 0 heterocycles. The van der Waals surface area contributed by atoms with Gasteiger partial charge in [-0.05, 0) is 6.07 Å². The normalized spacial score (nSPS) is 10.0. The fourth-order valence-corrected chi connectivity index (χ4v) is 1.21. The first-order valence-electron chi connectivity index (χ1n) is 3.06. The molecular formula is C7H3Cl2O4-. The second kappa shape index (κ2) is 3.32. The van der Waals surface area contributed by atoms with Gasteiger partial charge >= 0.3 is 5.97 Å². The van der Waals surface area contributed by atoms with E-state index in [0.717, 1.165) is 6.07 Å². The molecule has 0 saturated heterocycles. The molecular weight excluding hydrogens is 219 g/mol. The lowest BCUT2D eigenvalue weighted by atomic mass is 10.2. The fraction of sp³-hybridized carbons (Fsp3) is 0. The highest BCUT2D eigenvalue weighted by Gasteiger charge is 2.14. The maximum atomic E-state index is 10.9. The molecule has 2 N–H and O–H groups in total. The number of carboxylic acids is 1. The number of benzene rings is 1. The van der Waals surface area contributed by atoms with Gasteiger partial charge in [-0.1, -0.05) is 29.0 Å². The van der Waals surface area contributed by atoms with Crippen molar-refractivity contribution in [2.24, 2.45) is 0 Å². The molecule has 1 aromatic carbocycles. The monoisotopic (exact) mass is 221 g/mol. The minimum atomic E-state index is -1.40. The second-order valence-corrected chi connectivity index (χ2v) is 2.99. The average molecular weight is 222 g/mol. The molecule has 0 bridgehead atoms. The lowest BCUT2D eigenvalue weighted by Crippen LogP contribution is -2.00. The van der Waals surface area contributed by atoms with Crippen molar-refractivity contribution < 1.29 is 20.1 Å². The van der Waals surface area contributed by atoms with Crippen LogP contribution in [0.3, 0.4) is 0 Å². The molecule has 0 aliphatic heterocycles. The van der Waals surface area contributed by atoms with E-state index in [4.69, 9.17) is 33.4 Å². The van der Waals surface area contributed by atoms with Crippen LogP contribution in [0.15, 0.2) is 6.07 Å². The lowest BCUT2D eigenvalue weighted by molar-refractivity contribution is -0.268. The van der Waals surface area contributed by atoms with Gasteiger partial charge in [0.15, 0.2) is 0 Å². The average Bonchev–Trinajstić information content (AvgIpc) is 2.07. The number of phenols is 1. The summed E-state index contributed by atoms with van der Waals surface area (Å²) in [5, 5.41) is 27.7. The Morgan fingerprint density at radius 1 is 1.46 bits per heavy atom. The first-order valence-corrected chi connectivity index (χ1v) is 3.82. The molecule has 0 spiro atoms. The second-order valence-electron chi connectivity index (χ2n) is 2.20. The van der Waals surface area contributed by atoms with E-state index in [9.17, 15) is 9.90 Å². The zero-order valence-electron chi connectivity index (χ0n) is 6.04. The van der Waals surface area contributed by atoms with Crippen molar-refractivity contribution in [3.63, 3.8) is 0 Å². The van der Waals surface area contributed by atoms with Crippen molar-refractivity contribution in [1.29, 1.82) is 0 Å². The van der Waals surface area contributed by atoms with Crippen LogP contribution in [0, 0.1) is 0 Å². The number of halogens is 2. The highest BCUT2D eigenvalue weighted by Crippen LogP contribution is 2.38. The molecule has 6 heteroatoms. The number of carbonyl (C=O) groups is 1. The molecule has 4 nitrogen and oxygen atoms in total. The SMILES string of the molecule is O=C(O)c1cc(Cl)c([O-])c(Cl)c1O. The van der Waals surface area contributed by atoms with E-state index in [1.165, 1.54) is 0 Å². The Balaban J connectivity index is 3.50. The van der Waals surface area contributed by atoms with Crippen LogP contribution in [0.2, 0.25) is 10.0 Å². The molecule has 0 aromatic heterocycles. The first-order chi connectivity index (χ1) is 5.95. The van der Waals surface area contributed by atoms with Crippen LogP contribution in [-0.4, -0.2) is 16.2 Å². The fourth-order valence-electron chi connectivity index (χ4n) is 0.754. The van der Waals surface area contributed by atoms with Gasteiger partial charge in [0.05, 0.1) is 5.02 Å². The Hall–Kier alpha value is -1.13. The first kappa shape index (κ1) is 9.95. The molecule has 0 radical (unpaired) electrons. The molecule has 0 amide bonds. The maximum absolute atomic E-state index is 10.9. The summed E-state index contributed by atoms with van der Waals surface area (Å²) in [5.41, 5.74) is -0.491. The van der Waals surface area contributed by atoms with E-state index in [1.807, 2.05) is 0 Å². The highest BCUT2D eigenvalue weighted by atomic mass is 35.5. The van der Waals surface area contributed by atoms with Crippen LogP contribution in [-0.2, 0) is 0 Å². The summed E-state index contributed by atoms with van der Waals surface area (Å²) in [6.07, 6.45) is 0. The summed E-state index contributed by atoms with van der Waals surface area (Å²) in [7, 11) is 0. The van der Waals surface area contributed by atoms with Crippen molar-refractivity contribution >= 4 is 29.2 Å². The van der Waals surface area contributed by atoms with E-state index in [0.29, 0.717) is 0 Å². The molecule has 1 aromatic rings. The summed E-state index contributed by atoms with van der Waals surface area (Å²) < 4.78 is 0. The lowest BCUT2D eigenvalue weighted by Gasteiger charge is -2.13. The highest BCUT2D eigenvalue weighted by molar-refractivity contribution is 6.38. The van der Waals surface area contributed by atoms with Crippen molar-refractivity contribution in [3.8, 4) is 11.5 Å². The van der Waals surface area contributed by atoms with Crippen molar-refractivity contribution in [2.75, 3.05) is 0 Å². The third-order valence-corrected chi connectivity index (χ3v) is 2.01. The van der Waals surface area contributed by atoms with Crippen LogP contribution in [0.4, 0.5) is 0 Å². The molecule has 0 aliphatic carbocycles. The van der Waals surface area contributed by atoms with Crippen molar-refractivity contribution in [1.82, 2.24) is 0 Å². The van der Waals surface area contributed by atoms with Gasteiger partial charge in [-0.15, -0.1) is 0 Å². The van der Waals surface area contributed by atoms with E-state index in [2.05, 4.69) is 0 Å². The summed E-state index contributed by atoms with van der Waals surface area (Å²) in [6, 6.07) is 0.855. The standard InChI is InChI=1S/C7H4Cl2O4/c8-3-1-2(7(12)13)5(10)4(9)6(3)11/h1,10-11H,(H,12,13)/p-1. The number of aromatic carboxylic acids is 1. The Kier molecular flexibility index (Phi) is 2.54. The largest absolute Gasteiger partial charge is 0.870 e. The Bertz CT molecular complexity index is 375. The van der Waals surface area contributed by atoms with Crippen LogP contribution in [0.1, 0.15) is 10.4 Å². The number of carboxylic acid groups (broad SMARTS) is 1. The molecule has 0 fully saturated rings. The summed E-state index contributed by atoms with van der Waals surface area (Å²) in [5.74, 6) is -2.95. The van der Waals surface area contributed by atoms with Gasteiger partial charge in [0, 0.05) is 5.02 Å². The van der Waals surface area contributed by atoms with E-state index in [-0.39, 0.29) is 5.02 Å². The minimum absolute atomic E-state index is 0.333. The molecule has 0 saturated carbocycles. The Morgan fingerprint density at radius 3 is 2.46 bits per heavy atom. The van der Waals surface area contributed by atoms with Crippen LogP contribution < -0.4 is 5.11 Å². The zero-order valence-corrected chi connectivity index (χ0v) is 7.56. The van der Waals surface area contributed by atoms with Crippen LogP contribution in [0.25, 0.3) is 0 Å². The molecule has 0 atom stereocenters. The van der Waals surface area contributed by atoms with Gasteiger partial charge < -0.3 is 15.3 Å². The molecule has 0 aliphatic rings. The van der Waals surface area contributed by atoms with Crippen molar-refractivity contribution in [2.45, 2.75) is 0 Å². The number of rotatable bonds is 1. The quantitative estimate of drug-likeness (QED) is 0.753. The van der Waals surface area contributed by atoms with E-state index < -0.39 is 28.1 Å². The predicted molar refractivity (Wildman–Crippen MR) is 44.5 cm³/mol. The topological polar surface area (TPSA) is 80.6 Å². The Labute approximate surface area is 82.9 Å². The smallest absolute Gasteiger partial charge is 0.339 e.